The van der Waals surface area contributed by atoms with E-state index in [0.29, 0.717) is 6.04 Å². The third kappa shape index (κ3) is 4.43. The zero-order valence-corrected chi connectivity index (χ0v) is 13.0. The van der Waals surface area contributed by atoms with Crippen molar-refractivity contribution in [1.82, 2.24) is 5.32 Å². The number of aliphatic hydroxyl groups is 1. The fourth-order valence-corrected chi connectivity index (χ4v) is 3.09. The standard InChI is InChI=1S/C17H27NO3/c1-20-15-10-6-7-13(11-15)17(16(12-19)21-2)18-14-8-4-3-5-9-14/h6-7,10-11,14,16-19H,3-5,8-9,12H2,1-2H3/t16-,17+/m0/s1. The van der Waals surface area contributed by atoms with Crippen LogP contribution < -0.4 is 10.1 Å². The molecular weight excluding hydrogens is 266 g/mol. The van der Waals surface area contributed by atoms with Gasteiger partial charge in [-0.1, -0.05) is 31.4 Å². The molecule has 118 valence electrons. The first-order valence-corrected chi connectivity index (χ1v) is 7.82. The first-order chi connectivity index (χ1) is 10.3. The Kier molecular flexibility index (Phi) is 6.49. The van der Waals surface area contributed by atoms with Crippen molar-refractivity contribution < 1.29 is 14.6 Å². The zero-order chi connectivity index (χ0) is 15.1. The lowest BCUT2D eigenvalue weighted by Crippen LogP contribution is -2.42. The Bertz CT molecular complexity index is 414. The Morgan fingerprint density at radius 3 is 2.62 bits per heavy atom. The SMILES string of the molecule is COc1cccc([C@@H](NC2CCCCC2)[C@H](CO)OC)c1. The van der Waals surface area contributed by atoms with E-state index in [1.54, 1.807) is 14.2 Å². The minimum Gasteiger partial charge on any atom is -0.497 e. The fraction of sp³-hybridized carbons (Fsp3) is 0.647. The molecule has 0 heterocycles. The van der Waals surface area contributed by atoms with Gasteiger partial charge in [-0.15, -0.1) is 0 Å². The summed E-state index contributed by atoms with van der Waals surface area (Å²) in [6.07, 6.45) is 6.03. The predicted octanol–water partition coefficient (Wildman–Crippen LogP) is 2.67. The van der Waals surface area contributed by atoms with E-state index >= 15 is 0 Å². The van der Waals surface area contributed by atoms with Gasteiger partial charge in [-0.25, -0.2) is 0 Å². The highest BCUT2D eigenvalue weighted by atomic mass is 16.5. The van der Waals surface area contributed by atoms with Crippen molar-refractivity contribution in [3.05, 3.63) is 29.8 Å². The molecule has 0 unspecified atom stereocenters. The number of hydrogen-bond acceptors (Lipinski definition) is 4. The second kappa shape index (κ2) is 8.37. The second-order valence-corrected chi connectivity index (χ2v) is 5.71. The van der Waals surface area contributed by atoms with Gasteiger partial charge in [0.05, 0.1) is 25.9 Å². The first kappa shape index (κ1) is 16.3. The van der Waals surface area contributed by atoms with Crippen LogP contribution in [-0.4, -0.2) is 38.1 Å². The minimum absolute atomic E-state index is 0.00189. The molecule has 21 heavy (non-hydrogen) atoms. The van der Waals surface area contributed by atoms with Crippen LogP contribution in [0.1, 0.15) is 43.7 Å². The quantitative estimate of drug-likeness (QED) is 0.811. The summed E-state index contributed by atoms with van der Waals surface area (Å²) in [4.78, 5) is 0. The van der Waals surface area contributed by atoms with Gasteiger partial charge >= 0.3 is 0 Å². The van der Waals surface area contributed by atoms with E-state index < -0.39 is 0 Å². The summed E-state index contributed by atoms with van der Waals surface area (Å²) in [6, 6.07) is 8.47. The zero-order valence-electron chi connectivity index (χ0n) is 13.0. The van der Waals surface area contributed by atoms with Crippen LogP contribution >= 0.6 is 0 Å². The Balaban J connectivity index is 2.17. The van der Waals surface area contributed by atoms with Gasteiger partial charge in [-0.2, -0.15) is 0 Å². The van der Waals surface area contributed by atoms with E-state index in [9.17, 15) is 5.11 Å². The van der Waals surface area contributed by atoms with Gasteiger partial charge in [0.25, 0.3) is 0 Å². The molecule has 1 aromatic carbocycles. The van der Waals surface area contributed by atoms with E-state index in [2.05, 4.69) is 11.4 Å². The van der Waals surface area contributed by atoms with Gasteiger partial charge in [0.2, 0.25) is 0 Å². The normalized spacial score (nSPS) is 19.2. The van der Waals surface area contributed by atoms with Crippen molar-refractivity contribution in [3.63, 3.8) is 0 Å². The van der Waals surface area contributed by atoms with Crippen LogP contribution in [-0.2, 0) is 4.74 Å². The summed E-state index contributed by atoms with van der Waals surface area (Å²) in [6.45, 7) is -0.00189. The summed E-state index contributed by atoms with van der Waals surface area (Å²) in [5.41, 5.74) is 1.10. The van der Waals surface area contributed by atoms with Gasteiger partial charge < -0.3 is 19.9 Å². The molecule has 1 saturated carbocycles. The molecule has 0 aromatic heterocycles. The monoisotopic (exact) mass is 293 g/mol. The molecule has 0 aliphatic heterocycles. The highest BCUT2D eigenvalue weighted by Gasteiger charge is 2.26. The van der Waals surface area contributed by atoms with Crippen molar-refractivity contribution in [2.24, 2.45) is 0 Å². The maximum Gasteiger partial charge on any atom is 0.119 e. The molecule has 4 heteroatoms. The lowest BCUT2D eigenvalue weighted by atomic mass is 9.92. The van der Waals surface area contributed by atoms with Crippen molar-refractivity contribution in [1.29, 1.82) is 0 Å². The summed E-state index contributed by atoms with van der Waals surface area (Å²) >= 11 is 0. The van der Waals surface area contributed by atoms with Crippen molar-refractivity contribution in [2.45, 2.75) is 50.3 Å². The number of methoxy groups -OCH3 is 2. The first-order valence-electron chi connectivity index (χ1n) is 7.82. The second-order valence-electron chi connectivity index (χ2n) is 5.71. The third-order valence-electron chi connectivity index (χ3n) is 4.33. The molecule has 2 atom stereocenters. The summed E-state index contributed by atoms with van der Waals surface area (Å²) < 4.78 is 10.8. The van der Waals surface area contributed by atoms with Gasteiger partial charge in [0.15, 0.2) is 0 Å². The molecule has 4 nitrogen and oxygen atoms in total. The lowest BCUT2D eigenvalue weighted by molar-refractivity contribution is 0.0168. The fourth-order valence-electron chi connectivity index (χ4n) is 3.09. The molecule has 2 rings (SSSR count). The topological polar surface area (TPSA) is 50.7 Å². The molecule has 0 amide bonds. The molecule has 2 N–H and O–H groups in total. The Hall–Kier alpha value is -1.10. The van der Waals surface area contributed by atoms with Crippen LogP contribution in [0.3, 0.4) is 0 Å². The maximum absolute atomic E-state index is 9.62. The molecule has 1 aromatic rings. The van der Waals surface area contributed by atoms with E-state index in [-0.39, 0.29) is 18.8 Å². The molecule has 1 fully saturated rings. The summed E-state index contributed by atoms with van der Waals surface area (Å²) in [5.74, 6) is 0.829. The molecule has 1 aliphatic carbocycles. The van der Waals surface area contributed by atoms with Crippen molar-refractivity contribution in [2.75, 3.05) is 20.8 Å². The van der Waals surface area contributed by atoms with Crippen LogP contribution in [0.2, 0.25) is 0 Å². The van der Waals surface area contributed by atoms with Gasteiger partial charge in [0.1, 0.15) is 5.75 Å². The minimum atomic E-state index is -0.251. The number of hydrogen-bond donors (Lipinski definition) is 2. The van der Waals surface area contributed by atoms with E-state index in [1.165, 1.54) is 32.1 Å². The average Bonchev–Trinajstić information content (AvgIpc) is 2.56. The predicted molar refractivity (Wildman–Crippen MR) is 83.6 cm³/mol. The van der Waals surface area contributed by atoms with Crippen LogP contribution in [0.4, 0.5) is 0 Å². The maximum atomic E-state index is 9.62. The molecule has 0 saturated heterocycles. The molecular formula is C17H27NO3. The molecule has 0 radical (unpaired) electrons. The van der Waals surface area contributed by atoms with Crippen LogP contribution in [0.25, 0.3) is 0 Å². The number of aliphatic hydroxyl groups excluding tert-OH is 1. The van der Waals surface area contributed by atoms with E-state index in [0.717, 1.165) is 11.3 Å². The number of nitrogens with one attached hydrogen (secondary N) is 1. The van der Waals surface area contributed by atoms with Crippen LogP contribution in [0, 0.1) is 0 Å². The van der Waals surface area contributed by atoms with Crippen LogP contribution in [0.15, 0.2) is 24.3 Å². The number of ether oxygens (including phenoxy) is 2. The van der Waals surface area contributed by atoms with Crippen molar-refractivity contribution in [3.8, 4) is 5.75 Å². The van der Waals surface area contributed by atoms with Crippen LogP contribution in [0.5, 0.6) is 5.75 Å². The smallest absolute Gasteiger partial charge is 0.119 e. The average molecular weight is 293 g/mol. The molecule has 1 aliphatic rings. The lowest BCUT2D eigenvalue weighted by Gasteiger charge is -2.32. The summed E-state index contributed by atoms with van der Waals surface area (Å²) in [5, 5.41) is 13.3. The van der Waals surface area contributed by atoms with Crippen molar-refractivity contribution >= 4 is 0 Å². The largest absolute Gasteiger partial charge is 0.497 e. The van der Waals surface area contributed by atoms with E-state index in [1.807, 2.05) is 18.2 Å². The summed E-state index contributed by atoms with van der Waals surface area (Å²) in [7, 11) is 3.32. The van der Waals surface area contributed by atoms with Gasteiger partial charge in [0, 0.05) is 13.2 Å². The third-order valence-corrected chi connectivity index (χ3v) is 4.33. The van der Waals surface area contributed by atoms with E-state index in [4.69, 9.17) is 9.47 Å². The van der Waals surface area contributed by atoms with Gasteiger partial charge in [-0.05, 0) is 30.5 Å². The highest BCUT2D eigenvalue weighted by molar-refractivity contribution is 5.31. The Morgan fingerprint density at radius 1 is 1.24 bits per heavy atom. The van der Waals surface area contributed by atoms with Gasteiger partial charge in [-0.3, -0.25) is 0 Å². The Morgan fingerprint density at radius 2 is 2.00 bits per heavy atom. The number of rotatable bonds is 7. The molecule has 0 spiro atoms. The highest BCUT2D eigenvalue weighted by Crippen LogP contribution is 2.26. The molecule has 0 bridgehead atoms. The Labute approximate surface area is 127 Å². The number of benzene rings is 1.